The van der Waals surface area contributed by atoms with Gasteiger partial charge in [-0.15, -0.1) is 0 Å². The van der Waals surface area contributed by atoms with Gasteiger partial charge in [-0.3, -0.25) is 43.2 Å². The van der Waals surface area contributed by atoms with E-state index in [1.165, 1.54) is 0 Å². The van der Waals surface area contributed by atoms with E-state index in [2.05, 4.69) is 5.32 Å². The third-order valence-electron chi connectivity index (χ3n) is 9.92. The molecule has 1 amide bonds. The molecule has 22 nitrogen and oxygen atoms in total. The molecule has 5 rings (SSSR count). The number of benzene rings is 2. The molecule has 358 valence electrons. The maximum atomic E-state index is 13.0. The first-order chi connectivity index (χ1) is 31.3. The first-order valence-corrected chi connectivity index (χ1v) is 20.7. The standard InChI is InChI=1S/C44H51NO21/c1-21(46)57-19-33-36(59-23(3)48)38(60-24(4)49)41(63-27(7)52)44(65-33)66-37-34(20-58-22(2)47)64-43(40(62-26(6)51)39(37)61-25(5)50)56-17-16-55-15-14-45-42(54)28-12-13-30-29-10-8-9-11-31(29)35(53)32(30)18-28/h8-13,18,33-34,36-41,43-44H,14-17,19-20H2,1-7H3,(H,45,54)/t33-,34-,36-,37-,38+,39+,40-,41-,43+,44-/m1/s1. The van der Waals surface area contributed by atoms with E-state index in [1.807, 2.05) is 12.1 Å². The van der Waals surface area contributed by atoms with Gasteiger partial charge >= 0.3 is 41.8 Å². The predicted octanol–water partition coefficient (Wildman–Crippen LogP) is 1.28. The Labute approximate surface area is 378 Å². The average Bonchev–Trinajstić information content (AvgIpc) is 3.52. The van der Waals surface area contributed by atoms with E-state index < -0.39 is 122 Å². The summed E-state index contributed by atoms with van der Waals surface area (Å²) in [6, 6.07) is 12.1. The highest BCUT2D eigenvalue weighted by molar-refractivity contribution is 6.22. The molecule has 2 saturated heterocycles. The van der Waals surface area contributed by atoms with Crippen LogP contribution in [0.5, 0.6) is 0 Å². The molecular formula is C44H51NO21. The van der Waals surface area contributed by atoms with E-state index in [-0.39, 0.29) is 37.7 Å². The lowest BCUT2D eigenvalue weighted by Gasteiger charge is -2.48. The Morgan fingerprint density at radius 3 is 1.58 bits per heavy atom. The summed E-state index contributed by atoms with van der Waals surface area (Å²) in [6.07, 6.45) is -16.1. The number of hydrogen-bond acceptors (Lipinski definition) is 21. The topological polar surface area (TPSA) is 276 Å². The van der Waals surface area contributed by atoms with Crippen molar-refractivity contribution in [1.82, 2.24) is 5.32 Å². The molecule has 0 unspecified atom stereocenters. The van der Waals surface area contributed by atoms with Crippen molar-refractivity contribution in [3.05, 3.63) is 59.2 Å². The zero-order valence-corrected chi connectivity index (χ0v) is 37.1. The fourth-order valence-electron chi connectivity index (χ4n) is 7.44. The number of ketones is 1. The number of carbonyl (C=O) groups excluding carboxylic acids is 9. The second kappa shape index (κ2) is 23.2. The predicted molar refractivity (Wildman–Crippen MR) is 218 cm³/mol. The molecule has 1 aliphatic carbocycles. The number of carbonyl (C=O) groups is 9. The number of fused-ring (bicyclic) bond motifs is 3. The number of esters is 7. The maximum Gasteiger partial charge on any atom is 0.303 e. The van der Waals surface area contributed by atoms with Gasteiger partial charge in [0.2, 0.25) is 0 Å². The summed E-state index contributed by atoms with van der Waals surface area (Å²) in [5.41, 5.74) is 2.83. The zero-order valence-electron chi connectivity index (χ0n) is 37.1. The lowest BCUT2D eigenvalue weighted by atomic mass is 9.96. The average molecular weight is 930 g/mol. The number of rotatable bonds is 19. The van der Waals surface area contributed by atoms with Crippen LogP contribution in [0.15, 0.2) is 42.5 Å². The quantitative estimate of drug-likeness (QED) is 0.101. The smallest absolute Gasteiger partial charge is 0.303 e. The van der Waals surface area contributed by atoms with Gasteiger partial charge in [-0.05, 0) is 23.3 Å². The number of nitrogens with one attached hydrogen (secondary N) is 1. The van der Waals surface area contributed by atoms with Gasteiger partial charge in [0.1, 0.15) is 31.5 Å². The summed E-state index contributed by atoms with van der Waals surface area (Å²) in [5, 5.41) is 2.73. The van der Waals surface area contributed by atoms with Crippen LogP contribution in [0.1, 0.15) is 74.7 Å². The number of amides is 1. The molecule has 0 radical (unpaired) electrons. The van der Waals surface area contributed by atoms with E-state index >= 15 is 0 Å². The molecule has 0 saturated carbocycles. The summed E-state index contributed by atoms with van der Waals surface area (Å²) in [5.74, 6) is -6.69. The van der Waals surface area contributed by atoms with E-state index in [4.69, 9.17) is 56.8 Å². The van der Waals surface area contributed by atoms with Crippen molar-refractivity contribution in [2.24, 2.45) is 0 Å². The molecular weight excluding hydrogens is 878 g/mol. The molecule has 0 spiro atoms. The van der Waals surface area contributed by atoms with Crippen LogP contribution in [0, 0.1) is 0 Å². The second-order valence-electron chi connectivity index (χ2n) is 15.0. The molecule has 1 N–H and O–H groups in total. The number of ether oxygens (including phenoxy) is 12. The summed E-state index contributed by atoms with van der Waals surface area (Å²) in [4.78, 5) is 112. The fourth-order valence-corrected chi connectivity index (χ4v) is 7.44. The van der Waals surface area contributed by atoms with E-state index in [9.17, 15) is 43.2 Å². The van der Waals surface area contributed by atoms with Gasteiger partial charge in [0, 0.05) is 71.7 Å². The maximum absolute atomic E-state index is 13.0. The Morgan fingerprint density at radius 1 is 0.515 bits per heavy atom. The third-order valence-corrected chi connectivity index (χ3v) is 9.92. The van der Waals surface area contributed by atoms with Crippen molar-refractivity contribution in [3.63, 3.8) is 0 Å². The highest BCUT2D eigenvalue weighted by Gasteiger charge is 2.57. The van der Waals surface area contributed by atoms with Gasteiger partial charge in [0.15, 0.2) is 48.9 Å². The van der Waals surface area contributed by atoms with Crippen molar-refractivity contribution in [2.45, 2.75) is 110 Å². The largest absolute Gasteiger partial charge is 0.463 e. The molecule has 66 heavy (non-hydrogen) atoms. The van der Waals surface area contributed by atoms with Gasteiger partial charge in [-0.25, -0.2) is 0 Å². The lowest BCUT2D eigenvalue weighted by molar-refractivity contribution is -0.361. The van der Waals surface area contributed by atoms with Crippen molar-refractivity contribution in [2.75, 3.05) is 39.6 Å². The Bertz CT molecular complexity index is 2160. The normalized spacial score (nSPS) is 25.2. The van der Waals surface area contributed by atoms with Crippen molar-refractivity contribution >= 4 is 53.5 Å². The van der Waals surface area contributed by atoms with Crippen LogP contribution in [-0.4, -0.2) is 154 Å². The fraction of sp³-hybridized carbons (Fsp3) is 0.523. The highest BCUT2D eigenvalue weighted by atomic mass is 16.8. The monoisotopic (exact) mass is 929 g/mol. The van der Waals surface area contributed by atoms with Crippen LogP contribution in [0.4, 0.5) is 0 Å². The minimum absolute atomic E-state index is 0.0142. The molecule has 2 heterocycles. The summed E-state index contributed by atoms with van der Waals surface area (Å²) in [7, 11) is 0. The molecule has 2 aromatic rings. The van der Waals surface area contributed by atoms with Crippen LogP contribution in [0.25, 0.3) is 11.1 Å². The van der Waals surface area contributed by atoms with Gasteiger partial charge in [-0.1, -0.05) is 30.3 Å². The Morgan fingerprint density at radius 2 is 1.00 bits per heavy atom. The molecule has 22 heteroatoms. The molecule has 10 atom stereocenters. The van der Waals surface area contributed by atoms with Gasteiger partial charge in [0.05, 0.1) is 19.8 Å². The minimum Gasteiger partial charge on any atom is -0.463 e. The van der Waals surface area contributed by atoms with E-state index in [1.54, 1.807) is 30.3 Å². The van der Waals surface area contributed by atoms with Crippen LogP contribution in [0.2, 0.25) is 0 Å². The summed E-state index contributed by atoms with van der Waals surface area (Å²) in [6.45, 7) is 5.91. The minimum atomic E-state index is -1.84. The molecule has 2 aromatic carbocycles. The summed E-state index contributed by atoms with van der Waals surface area (Å²) < 4.78 is 68.2. The van der Waals surface area contributed by atoms with Crippen LogP contribution in [0.3, 0.4) is 0 Å². The Hall–Kier alpha value is -6.33. The van der Waals surface area contributed by atoms with Gasteiger partial charge in [0.25, 0.3) is 5.91 Å². The molecule has 3 aliphatic rings. The molecule has 0 aromatic heterocycles. The Kier molecular flexibility index (Phi) is 17.8. The molecule has 2 fully saturated rings. The highest BCUT2D eigenvalue weighted by Crippen LogP contribution is 2.38. The first-order valence-electron chi connectivity index (χ1n) is 20.7. The van der Waals surface area contributed by atoms with Crippen LogP contribution < -0.4 is 5.32 Å². The van der Waals surface area contributed by atoms with Crippen LogP contribution >= 0.6 is 0 Å². The first kappa shape index (κ1) is 50.7. The lowest BCUT2D eigenvalue weighted by Crippen LogP contribution is -2.67. The molecule has 0 bridgehead atoms. The second-order valence-corrected chi connectivity index (χ2v) is 15.0. The number of hydrogen-bond donors (Lipinski definition) is 1. The van der Waals surface area contributed by atoms with Crippen molar-refractivity contribution < 1.29 is 100.0 Å². The van der Waals surface area contributed by atoms with E-state index in [0.717, 1.165) is 59.6 Å². The third kappa shape index (κ3) is 13.4. The van der Waals surface area contributed by atoms with Gasteiger partial charge < -0.3 is 62.2 Å². The van der Waals surface area contributed by atoms with Crippen molar-refractivity contribution in [1.29, 1.82) is 0 Å². The molecule has 2 aliphatic heterocycles. The SMILES string of the molecule is CC(=O)OC[C@H]1O[C@H](O[C@H]2[C@H](OC(C)=O)[C@@H](OC(C)=O)[C@@H](OCCOCCNC(=O)c3ccc4c(c3)C(=O)c3ccccc3-4)O[C@@H]2COC(C)=O)[C@H](OC(C)=O)[C@@H](OC(C)=O)[C@@H]1OC(C)=O. The Balaban J connectivity index is 1.31. The van der Waals surface area contributed by atoms with E-state index in [0.29, 0.717) is 11.1 Å². The zero-order chi connectivity index (χ0) is 48.2. The van der Waals surface area contributed by atoms with Crippen LogP contribution in [-0.2, 0) is 90.4 Å². The van der Waals surface area contributed by atoms with Crippen molar-refractivity contribution in [3.8, 4) is 11.1 Å². The summed E-state index contributed by atoms with van der Waals surface area (Å²) >= 11 is 0. The van der Waals surface area contributed by atoms with Gasteiger partial charge in [-0.2, -0.15) is 0 Å².